The predicted molar refractivity (Wildman–Crippen MR) is 64.1 cm³/mol. The van der Waals surface area contributed by atoms with Crippen molar-refractivity contribution >= 4 is 8.60 Å². The van der Waals surface area contributed by atoms with E-state index >= 15 is 0 Å². The lowest BCUT2D eigenvalue weighted by Gasteiger charge is -1.76. The highest BCUT2D eigenvalue weighted by Gasteiger charge is 2.20. The van der Waals surface area contributed by atoms with Crippen LogP contribution in [0.25, 0.3) is 0 Å². The highest BCUT2D eigenvalue weighted by molar-refractivity contribution is 7.38. The molecule has 0 spiro atoms. The number of aliphatic hydroxyl groups excluding tert-OH is 3. The second kappa shape index (κ2) is 11.9. The van der Waals surface area contributed by atoms with Crippen molar-refractivity contribution in [2.24, 2.45) is 0 Å². The van der Waals surface area contributed by atoms with Gasteiger partial charge in [0.25, 0.3) is 0 Å². The van der Waals surface area contributed by atoms with Gasteiger partial charge in [-0.25, -0.2) is 0 Å². The van der Waals surface area contributed by atoms with Gasteiger partial charge >= 0.3 is 8.60 Å². The molecule has 0 aromatic carbocycles. The molecule has 10 heteroatoms. The largest absolute Gasteiger partial charge is 0.394 e. The zero-order valence-corrected chi connectivity index (χ0v) is 11.2. The van der Waals surface area contributed by atoms with Crippen LogP contribution in [0.4, 0.5) is 0 Å². The Morgan fingerprint density at radius 2 is 0.842 bits per heavy atom. The maximum absolute atomic E-state index is 8.08. The summed E-state index contributed by atoms with van der Waals surface area (Å²) >= 11 is 0. The maximum atomic E-state index is 8.08. The fraction of sp³-hybridized carbons (Fsp3) is 1.00. The van der Waals surface area contributed by atoms with Crippen molar-refractivity contribution in [1.82, 2.24) is 0 Å². The highest BCUT2D eigenvalue weighted by Crippen LogP contribution is 2.11. The first-order valence-corrected chi connectivity index (χ1v) is 6.77. The van der Waals surface area contributed by atoms with E-state index in [4.69, 9.17) is 30.0 Å². The monoisotopic (exact) mass is 304 g/mol. The molecule has 0 saturated carbocycles. The van der Waals surface area contributed by atoms with Crippen molar-refractivity contribution < 1.29 is 44.2 Å². The molecule has 3 aliphatic heterocycles. The van der Waals surface area contributed by atoms with Crippen molar-refractivity contribution in [3.8, 4) is 0 Å². The summed E-state index contributed by atoms with van der Waals surface area (Å²) < 4.78 is 13.8. The SMILES string of the molecule is OCC1CO1.OCC1CO1.OCC1CO1.OP(O)O. The van der Waals surface area contributed by atoms with E-state index in [0.717, 1.165) is 19.8 Å². The second-order valence-corrected chi connectivity index (χ2v) is 4.22. The third-order valence-electron chi connectivity index (χ3n) is 1.82. The Hall–Kier alpha value is 0.0700. The third kappa shape index (κ3) is 20.5. The highest BCUT2D eigenvalue weighted by atomic mass is 31.2. The Morgan fingerprint density at radius 3 is 0.842 bits per heavy atom. The van der Waals surface area contributed by atoms with Gasteiger partial charge in [0.15, 0.2) is 0 Å². The maximum Gasteiger partial charge on any atom is 0.324 e. The van der Waals surface area contributed by atoms with Crippen LogP contribution in [0, 0.1) is 0 Å². The summed E-state index contributed by atoms with van der Waals surface area (Å²) in [5.41, 5.74) is 0. The van der Waals surface area contributed by atoms with Crippen LogP contribution < -0.4 is 0 Å². The van der Waals surface area contributed by atoms with Crippen molar-refractivity contribution in [1.29, 1.82) is 0 Å². The molecule has 0 aromatic rings. The van der Waals surface area contributed by atoms with Crippen LogP contribution in [-0.2, 0) is 14.2 Å². The number of hydrogen-bond acceptors (Lipinski definition) is 9. The van der Waals surface area contributed by atoms with E-state index in [1.54, 1.807) is 0 Å². The first kappa shape index (κ1) is 19.1. The molecule has 116 valence electrons. The number of rotatable bonds is 3. The summed E-state index contributed by atoms with van der Waals surface area (Å²) in [5, 5.41) is 24.2. The topological polar surface area (TPSA) is 159 Å². The van der Waals surface area contributed by atoms with Crippen molar-refractivity contribution in [3.05, 3.63) is 0 Å². The molecule has 0 radical (unpaired) electrons. The molecular formula is C9H21O9P. The van der Waals surface area contributed by atoms with Gasteiger partial charge in [-0.3, -0.25) is 0 Å². The van der Waals surface area contributed by atoms with E-state index < -0.39 is 8.60 Å². The van der Waals surface area contributed by atoms with E-state index in [9.17, 15) is 0 Å². The van der Waals surface area contributed by atoms with E-state index in [1.165, 1.54) is 0 Å². The summed E-state index contributed by atoms with van der Waals surface area (Å²) in [6.07, 6.45) is 0.569. The summed E-state index contributed by atoms with van der Waals surface area (Å²) in [7, 11) is -2.62. The Labute approximate surface area is 112 Å². The standard InChI is InChI=1S/3C3H6O2.H3O3P/c3*4-1-3-2-5-3;1-4(2)3/h3*3-4H,1-2H2;1-3H. The first-order valence-electron chi connectivity index (χ1n) is 5.57. The number of epoxide rings is 3. The molecule has 3 unspecified atom stereocenters. The lowest BCUT2D eigenvalue weighted by Crippen LogP contribution is -1.88. The van der Waals surface area contributed by atoms with E-state index in [0.29, 0.717) is 0 Å². The van der Waals surface area contributed by atoms with Crippen LogP contribution in [0.2, 0.25) is 0 Å². The Morgan fingerprint density at radius 1 is 0.684 bits per heavy atom. The minimum Gasteiger partial charge on any atom is -0.394 e. The molecule has 3 rings (SSSR count). The lowest BCUT2D eigenvalue weighted by atomic mass is 10.5. The molecule has 3 saturated heterocycles. The minimum atomic E-state index is -2.62. The minimum absolute atomic E-state index is 0.190. The molecule has 3 atom stereocenters. The Balaban J connectivity index is 0.000000229. The van der Waals surface area contributed by atoms with Crippen molar-refractivity contribution in [3.63, 3.8) is 0 Å². The van der Waals surface area contributed by atoms with Gasteiger partial charge in [0.05, 0.1) is 39.6 Å². The number of hydrogen-bond donors (Lipinski definition) is 6. The van der Waals surface area contributed by atoms with Gasteiger partial charge in [-0.15, -0.1) is 0 Å². The van der Waals surface area contributed by atoms with Crippen LogP contribution in [0.5, 0.6) is 0 Å². The number of ether oxygens (including phenoxy) is 3. The molecule has 0 amide bonds. The Kier molecular flexibility index (Phi) is 11.9. The van der Waals surface area contributed by atoms with Crippen molar-refractivity contribution in [2.75, 3.05) is 39.6 Å². The zero-order chi connectivity index (χ0) is 14.7. The lowest BCUT2D eigenvalue weighted by molar-refractivity contribution is 0.244. The fourth-order valence-corrected chi connectivity index (χ4v) is 0.520. The van der Waals surface area contributed by atoms with Crippen molar-refractivity contribution in [2.45, 2.75) is 18.3 Å². The normalized spacial score (nSPS) is 28.9. The molecule has 3 fully saturated rings. The molecule has 0 aliphatic carbocycles. The summed E-state index contributed by atoms with van der Waals surface area (Å²) in [6.45, 7) is 2.86. The number of aliphatic hydroxyl groups is 3. The van der Waals surface area contributed by atoms with Crippen LogP contribution in [0.15, 0.2) is 0 Å². The molecule has 19 heavy (non-hydrogen) atoms. The summed E-state index contributed by atoms with van der Waals surface area (Å²) in [4.78, 5) is 21.7. The fourth-order valence-electron chi connectivity index (χ4n) is 0.520. The molecule has 9 nitrogen and oxygen atoms in total. The molecule has 0 bridgehead atoms. The van der Waals surface area contributed by atoms with Gasteiger partial charge in [0.1, 0.15) is 18.3 Å². The van der Waals surface area contributed by atoms with Crippen LogP contribution in [-0.4, -0.2) is 88.0 Å². The van der Waals surface area contributed by atoms with Gasteiger partial charge in [-0.2, -0.15) is 0 Å². The first-order chi connectivity index (χ1) is 9.03. The Bertz CT molecular complexity index is 163. The van der Waals surface area contributed by atoms with Gasteiger partial charge in [-0.1, -0.05) is 0 Å². The molecule has 3 heterocycles. The van der Waals surface area contributed by atoms with E-state index in [1.807, 2.05) is 0 Å². The van der Waals surface area contributed by atoms with Gasteiger partial charge in [-0.05, 0) is 0 Å². The molecule has 3 aliphatic rings. The van der Waals surface area contributed by atoms with E-state index in [2.05, 4.69) is 14.2 Å². The molecule has 0 aromatic heterocycles. The predicted octanol–water partition coefficient (Wildman–Crippen LogP) is -2.68. The quantitative estimate of drug-likeness (QED) is 0.241. The third-order valence-corrected chi connectivity index (χ3v) is 1.82. The molecule has 6 N–H and O–H groups in total. The van der Waals surface area contributed by atoms with Crippen LogP contribution in [0.3, 0.4) is 0 Å². The van der Waals surface area contributed by atoms with Crippen LogP contribution >= 0.6 is 8.60 Å². The van der Waals surface area contributed by atoms with Crippen LogP contribution in [0.1, 0.15) is 0 Å². The van der Waals surface area contributed by atoms with Gasteiger partial charge in [0, 0.05) is 0 Å². The van der Waals surface area contributed by atoms with Gasteiger partial charge in [0.2, 0.25) is 0 Å². The summed E-state index contributed by atoms with van der Waals surface area (Å²) in [6, 6.07) is 0. The molecular weight excluding hydrogens is 283 g/mol. The van der Waals surface area contributed by atoms with Gasteiger partial charge < -0.3 is 44.2 Å². The average Bonchev–Trinajstić information content (AvgIpc) is 3.26. The summed E-state index contributed by atoms with van der Waals surface area (Å²) in [5.74, 6) is 0. The second-order valence-electron chi connectivity index (χ2n) is 3.68. The average molecular weight is 304 g/mol. The zero-order valence-electron chi connectivity index (χ0n) is 10.3. The van der Waals surface area contributed by atoms with E-state index in [-0.39, 0.29) is 38.1 Å². The smallest absolute Gasteiger partial charge is 0.324 e.